The molecule has 10 nitrogen and oxygen atoms in total. The van der Waals surface area contributed by atoms with Crippen LogP contribution >= 0.6 is 0 Å². The van der Waals surface area contributed by atoms with Gasteiger partial charge in [-0.05, 0) is 62.3 Å². The first-order chi connectivity index (χ1) is 23.6. The average Bonchev–Trinajstić information content (AvgIpc) is 3.80. The van der Waals surface area contributed by atoms with Gasteiger partial charge in [0.1, 0.15) is 17.1 Å². The fourth-order valence-corrected chi connectivity index (χ4v) is 6.22. The molecule has 0 aliphatic heterocycles. The number of aryl methyl sites for hydroxylation is 1. The van der Waals surface area contributed by atoms with Gasteiger partial charge in [0, 0.05) is 19.1 Å². The van der Waals surface area contributed by atoms with Crippen molar-refractivity contribution in [2.24, 2.45) is 17.8 Å². The van der Waals surface area contributed by atoms with Crippen molar-refractivity contribution in [1.82, 2.24) is 26.6 Å². The van der Waals surface area contributed by atoms with Gasteiger partial charge < -0.3 is 31.7 Å². The van der Waals surface area contributed by atoms with E-state index in [0.717, 1.165) is 5.56 Å². The highest BCUT2D eigenvalue weighted by Crippen LogP contribution is 2.49. The SMILES string of the molecule is CCNC(=O)[C@H](CC)NC[C@H](CC(C)C)NC(=O)[C@H](CCc1ccccc1)NC(=O)C1(NC(=O)c2c(F)c(F)c(O)c(F)c2F)CC1C(C)C. The Morgan fingerprint density at radius 3 is 2.02 bits per heavy atom. The van der Waals surface area contributed by atoms with E-state index in [4.69, 9.17) is 0 Å². The number of phenols is 1. The maximum atomic E-state index is 14.6. The predicted molar refractivity (Wildman–Crippen MR) is 180 cm³/mol. The number of nitrogens with one attached hydrogen (secondary N) is 5. The van der Waals surface area contributed by atoms with Gasteiger partial charge in [0.25, 0.3) is 5.91 Å². The minimum atomic E-state index is -2.15. The second-order valence-corrected chi connectivity index (χ2v) is 13.6. The molecule has 1 saturated carbocycles. The summed E-state index contributed by atoms with van der Waals surface area (Å²) in [7, 11) is 0. The van der Waals surface area contributed by atoms with Gasteiger partial charge >= 0.3 is 0 Å². The Morgan fingerprint density at radius 2 is 1.50 bits per heavy atom. The fraction of sp³-hybridized carbons (Fsp3) is 0.556. The maximum absolute atomic E-state index is 14.6. The van der Waals surface area contributed by atoms with E-state index in [-0.39, 0.29) is 37.1 Å². The third-order valence-electron chi connectivity index (χ3n) is 9.00. The highest BCUT2D eigenvalue weighted by Gasteiger charge is 2.62. The Labute approximate surface area is 290 Å². The smallest absolute Gasteiger partial charge is 0.258 e. The number of benzene rings is 2. The van der Waals surface area contributed by atoms with Crippen LogP contribution in [0, 0.1) is 41.0 Å². The molecular weight excluding hydrogens is 658 g/mol. The van der Waals surface area contributed by atoms with Crippen LogP contribution in [0.15, 0.2) is 30.3 Å². The first-order valence-electron chi connectivity index (χ1n) is 17.1. The molecular formula is C36H49F4N5O5. The number of phenolic OH excluding ortho intramolecular Hbond substituents is 1. The molecule has 0 radical (unpaired) electrons. The van der Waals surface area contributed by atoms with Crippen LogP contribution in [0.3, 0.4) is 0 Å². The molecule has 2 aromatic carbocycles. The number of hydrogen-bond donors (Lipinski definition) is 6. The number of amides is 4. The van der Waals surface area contributed by atoms with E-state index in [0.29, 0.717) is 25.8 Å². The molecule has 2 unspecified atom stereocenters. The van der Waals surface area contributed by atoms with E-state index in [1.165, 1.54) is 0 Å². The van der Waals surface area contributed by atoms with Crippen LogP contribution in [0.4, 0.5) is 17.6 Å². The molecule has 276 valence electrons. The molecule has 6 N–H and O–H groups in total. The molecule has 0 spiro atoms. The van der Waals surface area contributed by atoms with Crippen molar-refractivity contribution in [3.05, 3.63) is 64.7 Å². The van der Waals surface area contributed by atoms with Crippen LogP contribution in [0.5, 0.6) is 5.75 Å². The Morgan fingerprint density at radius 1 is 0.880 bits per heavy atom. The topological polar surface area (TPSA) is 149 Å². The molecule has 1 fully saturated rings. The maximum Gasteiger partial charge on any atom is 0.258 e. The average molecular weight is 708 g/mol. The summed E-state index contributed by atoms with van der Waals surface area (Å²) in [5.74, 6) is -14.1. The minimum absolute atomic E-state index is 0.0275. The molecule has 50 heavy (non-hydrogen) atoms. The highest BCUT2D eigenvalue weighted by molar-refractivity contribution is 6.02. The van der Waals surface area contributed by atoms with Gasteiger partial charge in [-0.2, -0.15) is 8.78 Å². The summed E-state index contributed by atoms with van der Waals surface area (Å²) in [6.45, 7) is 11.9. The molecule has 5 atom stereocenters. The van der Waals surface area contributed by atoms with Crippen molar-refractivity contribution in [2.45, 2.75) is 97.3 Å². The van der Waals surface area contributed by atoms with Gasteiger partial charge in [-0.3, -0.25) is 19.2 Å². The van der Waals surface area contributed by atoms with E-state index >= 15 is 0 Å². The summed E-state index contributed by atoms with van der Waals surface area (Å²) < 4.78 is 57.5. The molecule has 0 heterocycles. The molecule has 0 bridgehead atoms. The van der Waals surface area contributed by atoms with Crippen LogP contribution in [-0.4, -0.2) is 65.5 Å². The van der Waals surface area contributed by atoms with Crippen molar-refractivity contribution < 1.29 is 41.8 Å². The third-order valence-corrected chi connectivity index (χ3v) is 9.00. The van der Waals surface area contributed by atoms with Crippen LogP contribution in [0.1, 0.15) is 83.1 Å². The van der Waals surface area contributed by atoms with Crippen LogP contribution in [0.25, 0.3) is 0 Å². The van der Waals surface area contributed by atoms with Crippen molar-refractivity contribution in [1.29, 1.82) is 0 Å². The number of carbonyl (C=O) groups excluding carboxylic acids is 4. The summed E-state index contributed by atoms with van der Waals surface area (Å²) in [5, 5.41) is 23.4. The van der Waals surface area contributed by atoms with Crippen LogP contribution in [-0.2, 0) is 20.8 Å². The molecule has 14 heteroatoms. The molecule has 1 aliphatic rings. The lowest BCUT2D eigenvalue weighted by molar-refractivity contribution is -0.131. The number of aromatic hydroxyl groups is 1. The van der Waals surface area contributed by atoms with Crippen molar-refractivity contribution >= 4 is 23.6 Å². The third kappa shape index (κ3) is 9.73. The number of carbonyl (C=O) groups is 4. The highest BCUT2D eigenvalue weighted by atomic mass is 19.2. The zero-order chi connectivity index (χ0) is 37.3. The minimum Gasteiger partial charge on any atom is -0.503 e. The number of hydrogen-bond acceptors (Lipinski definition) is 6. The first kappa shape index (κ1) is 40.2. The number of halogens is 4. The predicted octanol–water partition coefficient (Wildman–Crippen LogP) is 4.25. The first-order valence-corrected chi connectivity index (χ1v) is 17.1. The van der Waals surface area contributed by atoms with E-state index in [1.54, 1.807) is 13.8 Å². The Hall–Kier alpha value is -4.20. The van der Waals surface area contributed by atoms with Gasteiger partial charge in [0.05, 0.1) is 6.04 Å². The number of rotatable bonds is 18. The molecule has 3 rings (SSSR count). The lowest BCUT2D eigenvalue weighted by Crippen LogP contribution is -2.58. The zero-order valence-corrected chi connectivity index (χ0v) is 29.4. The number of likely N-dealkylation sites (N-methyl/N-ethyl adjacent to an activating group) is 1. The second kappa shape index (κ2) is 17.6. The van der Waals surface area contributed by atoms with Gasteiger partial charge in [-0.1, -0.05) is 65.0 Å². The lowest BCUT2D eigenvalue weighted by Gasteiger charge is -2.28. The molecule has 4 amide bonds. The summed E-state index contributed by atoms with van der Waals surface area (Å²) in [5.41, 5.74) is -2.48. The van der Waals surface area contributed by atoms with Crippen LogP contribution < -0.4 is 26.6 Å². The lowest BCUT2D eigenvalue weighted by atomic mass is 9.99. The normalized spacial score (nSPS) is 18.7. The molecule has 0 saturated heterocycles. The second-order valence-electron chi connectivity index (χ2n) is 13.6. The summed E-state index contributed by atoms with van der Waals surface area (Å²) >= 11 is 0. The van der Waals surface area contributed by atoms with Gasteiger partial charge in [-0.25, -0.2) is 8.78 Å². The monoisotopic (exact) mass is 707 g/mol. The van der Waals surface area contributed by atoms with Gasteiger partial charge in [-0.15, -0.1) is 0 Å². The fourth-order valence-electron chi connectivity index (χ4n) is 6.22. The van der Waals surface area contributed by atoms with E-state index < -0.39 is 81.9 Å². The van der Waals surface area contributed by atoms with E-state index in [9.17, 15) is 41.8 Å². The largest absolute Gasteiger partial charge is 0.503 e. The van der Waals surface area contributed by atoms with Crippen molar-refractivity contribution in [3.8, 4) is 5.75 Å². The summed E-state index contributed by atoms with van der Waals surface area (Å²) in [6, 6.07) is 7.21. The Balaban J connectivity index is 1.89. The van der Waals surface area contributed by atoms with E-state index in [2.05, 4.69) is 26.6 Å². The standard InChI is InChI=1S/C36H49F4N5O5/c1-7-24(32(47)41-8-2)42-18-22(16-19(3)4)43-33(48)25(15-14-21-12-10-9-11-13-21)44-35(50)36(17-23(36)20(5)6)45-34(49)26-27(37)29(39)31(46)30(40)28(26)38/h9-13,19-20,22-25,42,46H,7-8,14-18H2,1-6H3,(H,41,47)(H,43,48)(H,44,50)(H,45,49)/t22-,23?,24-,25-,36?/m0/s1. The molecule has 2 aromatic rings. The van der Waals surface area contributed by atoms with Gasteiger partial charge in [0.2, 0.25) is 29.4 Å². The van der Waals surface area contributed by atoms with E-state index in [1.807, 2.05) is 58.0 Å². The summed E-state index contributed by atoms with van der Waals surface area (Å²) in [4.78, 5) is 53.6. The quantitative estimate of drug-likeness (QED) is 0.101. The van der Waals surface area contributed by atoms with Crippen molar-refractivity contribution in [2.75, 3.05) is 13.1 Å². The molecule has 1 aliphatic carbocycles. The van der Waals surface area contributed by atoms with Crippen molar-refractivity contribution in [3.63, 3.8) is 0 Å². The Bertz CT molecular complexity index is 1500. The molecule has 0 aromatic heterocycles. The van der Waals surface area contributed by atoms with Crippen LogP contribution in [0.2, 0.25) is 0 Å². The van der Waals surface area contributed by atoms with Gasteiger partial charge in [0.15, 0.2) is 17.4 Å². The zero-order valence-electron chi connectivity index (χ0n) is 29.4. The summed E-state index contributed by atoms with van der Waals surface area (Å²) in [6.07, 6.45) is 1.63. The Kier molecular flexibility index (Phi) is 14.2.